The van der Waals surface area contributed by atoms with Crippen LogP contribution in [0.3, 0.4) is 0 Å². The molecule has 0 bridgehead atoms. The Labute approximate surface area is 171 Å². The summed E-state index contributed by atoms with van der Waals surface area (Å²) in [7, 11) is 0. The van der Waals surface area contributed by atoms with Crippen LogP contribution in [-0.4, -0.2) is 29.3 Å². The third kappa shape index (κ3) is 7.23. The highest BCUT2D eigenvalue weighted by Gasteiger charge is 2.12. The average molecular weight is 420 g/mol. The highest BCUT2D eigenvalue weighted by Crippen LogP contribution is 2.20. The van der Waals surface area contributed by atoms with E-state index < -0.39 is 29.3 Å². The number of nitro benzene ring substituents is 1. The Hall–Kier alpha value is -3.46. The highest BCUT2D eigenvalue weighted by atomic mass is 35.5. The van der Waals surface area contributed by atoms with Gasteiger partial charge in [0.05, 0.1) is 11.3 Å². The molecular weight excluding hydrogens is 402 g/mol. The van der Waals surface area contributed by atoms with Gasteiger partial charge in [0.1, 0.15) is 0 Å². The number of nitrogens with one attached hydrogen (secondary N) is 2. The minimum atomic E-state index is -0.726. The first kappa shape index (κ1) is 21.8. The Balaban J connectivity index is 1.72. The number of carbonyl (C=O) groups is 3. The summed E-state index contributed by atoms with van der Waals surface area (Å²) < 4.78 is 4.83. The molecule has 0 heterocycles. The maximum atomic E-state index is 11.9. The Kier molecular flexibility index (Phi) is 7.67. The number of ether oxygens (including phenoxy) is 1. The molecule has 0 saturated carbocycles. The Morgan fingerprint density at radius 2 is 1.72 bits per heavy atom. The van der Waals surface area contributed by atoms with Crippen LogP contribution in [0.5, 0.6) is 0 Å². The van der Waals surface area contributed by atoms with E-state index in [9.17, 15) is 24.5 Å². The number of anilines is 2. The molecule has 10 heteroatoms. The van der Waals surface area contributed by atoms with Crippen LogP contribution in [-0.2, 0) is 19.1 Å². The van der Waals surface area contributed by atoms with Gasteiger partial charge in [-0.25, -0.2) is 0 Å². The van der Waals surface area contributed by atoms with Gasteiger partial charge in [-0.1, -0.05) is 23.7 Å². The van der Waals surface area contributed by atoms with Crippen molar-refractivity contribution in [3.8, 4) is 0 Å². The van der Waals surface area contributed by atoms with E-state index in [4.69, 9.17) is 16.3 Å². The van der Waals surface area contributed by atoms with Crippen molar-refractivity contribution in [3.63, 3.8) is 0 Å². The molecule has 2 rings (SSSR count). The van der Waals surface area contributed by atoms with E-state index in [0.29, 0.717) is 10.7 Å². The van der Waals surface area contributed by atoms with Crippen molar-refractivity contribution >= 4 is 46.4 Å². The lowest BCUT2D eigenvalue weighted by Gasteiger charge is -2.08. The molecule has 2 N–H and O–H groups in total. The average Bonchev–Trinajstić information content (AvgIpc) is 2.68. The second-order valence-corrected chi connectivity index (χ2v) is 6.44. The minimum Gasteiger partial charge on any atom is -0.456 e. The number of aryl methyl sites for hydroxylation is 1. The molecule has 0 aromatic heterocycles. The minimum absolute atomic E-state index is 0.164. The van der Waals surface area contributed by atoms with Gasteiger partial charge in [-0.3, -0.25) is 24.5 Å². The molecule has 29 heavy (non-hydrogen) atoms. The molecule has 0 unspecified atom stereocenters. The largest absolute Gasteiger partial charge is 0.456 e. The summed E-state index contributed by atoms with van der Waals surface area (Å²) in [5.74, 6) is -1.78. The molecular formula is C19H18ClN3O6. The van der Waals surface area contributed by atoms with Gasteiger partial charge in [0.25, 0.3) is 11.6 Å². The first-order chi connectivity index (χ1) is 13.7. The lowest BCUT2D eigenvalue weighted by atomic mass is 10.2. The number of nitro groups is 1. The molecule has 0 fully saturated rings. The van der Waals surface area contributed by atoms with Crippen molar-refractivity contribution in [2.45, 2.75) is 19.8 Å². The van der Waals surface area contributed by atoms with E-state index >= 15 is 0 Å². The molecule has 9 nitrogen and oxygen atoms in total. The molecule has 2 aromatic carbocycles. The van der Waals surface area contributed by atoms with Gasteiger partial charge in [0.15, 0.2) is 6.61 Å². The van der Waals surface area contributed by atoms with Crippen molar-refractivity contribution in [2.75, 3.05) is 17.2 Å². The van der Waals surface area contributed by atoms with E-state index in [2.05, 4.69) is 10.6 Å². The molecule has 0 radical (unpaired) electrons. The van der Waals surface area contributed by atoms with Crippen LogP contribution in [0.2, 0.25) is 5.02 Å². The number of amides is 2. The lowest BCUT2D eigenvalue weighted by Crippen LogP contribution is -2.21. The fraction of sp³-hybridized carbons (Fsp3) is 0.211. The zero-order chi connectivity index (χ0) is 21.4. The fourth-order valence-corrected chi connectivity index (χ4v) is 2.40. The Bertz CT molecular complexity index is 947. The standard InChI is InChI=1S/C19H18ClN3O6/c1-12-5-6-14(10-16(12)20)22-18(25)11-29-19(26)8-7-17(24)21-13-3-2-4-15(9-13)23(27)28/h2-6,9-10H,7-8,11H2,1H3,(H,21,24)(H,22,25). The fourth-order valence-electron chi connectivity index (χ4n) is 2.22. The van der Waals surface area contributed by atoms with Gasteiger partial charge >= 0.3 is 5.97 Å². The summed E-state index contributed by atoms with van der Waals surface area (Å²) in [6, 6.07) is 10.4. The molecule has 2 aromatic rings. The van der Waals surface area contributed by atoms with Crippen molar-refractivity contribution in [1.29, 1.82) is 0 Å². The number of non-ortho nitro benzene ring substituents is 1. The summed E-state index contributed by atoms with van der Waals surface area (Å²) in [5, 5.41) is 16.2. The van der Waals surface area contributed by atoms with E-state index in [1.807, 2.05) is 6.92 Å². The van der Waals surface area contributed by atoms with Crippen LogP contribution < -0.4 is 10.6 Å². The van der Waals surface area contributed by atoms with Crippen LogP contribution in [0.1, 0.15) is 18.4 Å². The summed E-state index contributed by atoms with van der Waals surface area (Å²) >= 11 is 5.97. The van der Waals surface area contributed by atoms with Crippen molar-refractivity contribution < 1.29 is 24.0 Å². The molecule has 152 valence electrons. The number of halogens is 1. The van der Waals surface area contributed by atoms with Gasteiger partial charge < -0.3 is 15.4 Å². The second kappa shape index (κ2) is 10.2. The van der Waals surface area contributed by atoms with Crippen molar-refractivity contribution in [2.24, 2.45) is 0 Å². The number of benzene rings is 2. The highest BCUT2D eigenvalue weighted by molar-refractivity contribution is 6.31. The van der Waals surface area contributed by atoms with Crippen LogP contribution in [0.4, 0.5) is 17.1 Å². The van der Waals surface area contributed by atoms with Gasteiger partial charge in [-0.15, -0.1) is 0 Å². The van der Waals surface area contributed by atoms with E-state index in [1.54, 1.807) is 18.2 Å². The maximum absolute atomic E-state index is 11.9. The Morgan fingerprint density at radius 1 is 1.03 bits per heavy atom. The first-order valence-corrected chi connectivity index (χ1v) is 8.88. The number of hydrogen-bond acceptors (Lipinski definition) is 6. The summed E-state index contributed by atoms with van der Waals surface area (Å²) in [6.45, 7) is 1.32. The van der Waals surface area contributed by atoms with E-state index in [0.717, 1.165) is 5.56 Å². The third-order valence-corrected chi connectivity index (χ3v) is 4.12. The number of carbonyl (C=O) groups excluding carboxylic acids is 3. The molecule has 0 aliphatic rings. The molecule has 0 saturated heterocycles. The summed E-state index contributed by atoms with van der Waals surface area (Å²) in [4.78, 5) is 45.5. The normalized spacial score (nSPS) is 10.1. The van der Waals surface area contributed by atoms with E-state index in [-0.39, 0.29) is 24.2 Å². The zero-order valence-corrected chi connectivity index (χ0v) is 16.2. The number of esters is 1. The third-order valence-electron chi connectivity index (χ3n) is 3.72. The van der Waals surface area contributed by atoms with Gasteiger partial charge in [-0.05, 0) is 30.7 Å². The monoisotopic (exact) mass is 419 g/mol. The molecule has 0 atom stereocenters. The molecule has 0 aliphatic heterocycles. The van der Waals surface area contributed by atoms with Gasteiger partial charge in [0.2, 0.25) is 5.91 Å². The predicted molar refractivity (Wildman–Crippen MR) is 107 cm³/mol. The maximum Gasteiger partial charge on any atom is 0.306 e. The lowest BCUT2D eigenvalue weighted by molar-refractivity contribution is -0.384. The van der Waals surface area contributed by atoms with Gasteiger partial charge in [0, 0.05) is 35.0 Å². The van der Waals surface area contributed by atoms with Crippen LogP contribution >= 0.6 is 11.6 Å². The number of rotatable bonds is 8. The summed E-state index contributed by atoms with van der Waals surface area (Å²) in [5.41, 5.74) is 1.41. The smallest absolute Gasteiger partial charge is 0.306 e. The van der Waals surface area contributed by atoms with Crippen LogP contribution in [0.15, 0.2) is 42.5 Å². The van der Waals surface area contributed by atoms with E-state index in [1.165, 1.54) is 24.3 Å². The van der Waals surface area contributed by atoms with Gasteiger partial charge in [-0.2, -0.15) is 0 Å². The SMILES string of the molecule is Cc1ccc(NC(=O)COC(=O)CCC(=O)Nc2cccc([N+](=O)[O-])c2)cc1Cl. The first-order valence-electron chi connectivity index (χ1n) is 8.50. The Morgan fingerprint density at radius 3 is 2.41 bits per heavy atom. The second-order valence-electron chi connectivity index (χ2n) is 6.03. The number of nitrogens with zero attached hydrogens (tertiary/aromatic N) is 1. The molecule has 2 amide bonds. The molecule has 0 spiro atoms. The van der Waals surface area contributed by atoms with Crippen molar-refractivity contribution in [3.05, 3.63) is 63.2 Å². The van der Waals surface area contributed by atoms with Crippen LogP contribution in [0.25, 0.3) is 0 Å². The topological polar surface area (TPSA) is 128 Å². The summed E-state index contributed by atoms with van der Waals surface area (Å²) in [6.07, 6.45) is -0.443. The van der Waals surface area contributed by atoms with Crippen LogP contribution in [0, 0.1) is 17.0 Å². The quantitative estimate of drug-likeness (QED) is 0.383. The zero-order valence-electron chi connectivity index (χ0n) is 15.4. The predicted octanol–water partition coefficient (Wildman–Crippen LogP) is 3.46. The van der Waals surface area contributed by atoms with Crippen molar-refractivity contribution in [1.82, 2.24) is 0 Å². The number of hydrogen-bond donors (Lipinski definition) is 2. The molecule has 0 aliphatic carbocycles.